The van der Waals surface area contributed by atoms with E-state index in [1.54, 1.807) is 17.2 Å². The summed E-state index contributed by atoms with van der Waals surface area (Å²) >= 11 is 6.19. The van der Waals surface area contributed by atoms with E-state index in [2.05, 4.69) is 0 Å². The highest BCUT2D eigenvalue weighted by atomic mass is 35.5. The van der Waals surface area contributed by atoms with Crippen LogP contribution in [0.4, 0.5) is 0 Å². The van der Waals surface area contributed by atoms with Gasteiger partial charge in [0.25, 0.3) is 0 Å². The first-order chi connectivity index (χ1) is 11.7. The molecule has 1 heterocycles. The van der Waals surface area contributed by atoms with Crippen molar-refractivity contribution in [1.29, 1.82) is 0 Å². The van der Waals surface area contributed by atoms with Crippen LogP contribution in [0, 0.1) is 0 Å². The number of benzene rings is 2. The van der Waals surface area contributed by atoms with E-state index in [0.29, 0.717) is 18.1 Å². The van der Waals surface area contributed by atoms with Gasteiger partial charge < -0.3 is 9.32 Å². The Balaban J connectivity index is 1.77. The highest BCUT2D eigenvalue weighted by Crippen LogP contribution is 2.18. The summed E-state index contributed by atoms with van der Waals surface area (Å²) in [6, 6.07) is 21.1. The topological polar surface area (TPSA) is 33.5 Å². The van der Waals surface area contributed by atoms with Gasteiger partial charge in [-0.05, 0) is 29.3 Å². The molecule has 1 amide bonds. The zero-order valence-electron chi connectivity index (χ0n) is 13.2. The molecule has 4 heteroatoms. The number of hydrogen-bond donors (Lipinski definition) is 0. The van der Waals surface area contributed by atoms with E-state index in [9.17, 15) is 4.79 Å². The van der Waals surface area contributed by atoms with Gasteiger partial charge in [0.2, 0.25) is 5.91 Å². The second kappa shape index (κ2) is 7.84. The SMILES string of the molecule is O=C(Cc1ccccc1Cl)N(Cc1ccccc1)Cc1ccco1. The van der Waals surface area contributed by atoms with Crippen LogP contribution < -0.4 is 0 Å². The van der Waals surface area contributed by atoms with Gasteiger partial charge in [-0.2, -0.15) is 0 Å². The minimum absolute atomic E-state index is 0.0170. The number of hydrogen-bond acceptors (Lipinski definition) is 2. The predicted molar refractivity (Wildman–Crippen MR) is 94.6 cm³/mol. The van der Waals surface area contributed by atoms with E-state index in [1.807, 2.05) is 60.7 Å². The lowest BCUT2D eigenvalue weighted by Crippen LogP contribution is -2.31. The van der Waals surface area contributed by atoms with Crippen LogP contribution in [0.25, 0.3) is 0 Å². The van der Waals surface area contributed by atoms with Gasteiger partial charge in [0.05, 0.1) is 19.2 Å². The van der Waals surface area contributed by atoms with E-state index in [1.165, 1.54) is 0 Å². The Morgan fingerprint density at radius 2 is 1.67 bits per heavy atom. The van der Waals surface area contributed by atoms with E-state index >= 15 is 0 Å². The first-order valence-corrected chi connectivity index (χ1v) is 8.17. The third-order valence-electron chi connectivity index (χ3n) is 3.80. The van der Waals surface area contributed by atoms with Crippen molar-refractivity contribution in [2.24, 2.45) is 0 Å². The summed E-state index contributed by atoms with van der Waals surface area (Å²) in [6.45, 7) is 0.968. The van der Waals surface area contributed by atoms with Crippen molar-refractivity contribution in [3.63, 3.8) is 0 Å². The van der Waals surface area contributed by atoms with Gasteiger partial charge in [0, 0.05) is 11.6 Å². The second-order valence-corrected chi connectivity index (χ2v) is 5.99. The molecule has 0 N–H and O–H groups in total. The van der Waals surface area contributed by atoms with Crippen LogP contribution in [-0.2, 0) is 24.3 Å². The second-order valence-electron chi connectivity index (χ2n) is 5.58. The van der Waals surface area contributed by atoms with Crippen LogP contribution in [0.2, 0.25) is 5.02 Å². The summed E-state index contributed by atoms with van der Waals surface area (Å²) in [7, 11) is 0. The maximum absolute atomic E-state index is 12.8. The first-order valence-electron chi connectivity index (χ1n) is 7.80. The molecule has 1 aromatic heterocycles. The molecular formula is C20H18ClNO2. The van der Waals surface area contributed by atoms with Gasteiger partial charge in [-0.3, -0.25) is 4.79 Å². The lowest BCUT2D eigenvalue weighted by Gasteiger charge is -2.22. The number of amides is 1. The van der Waals surface area contributed by atoms with E-state index in [-0.39, 0.29) is 12.3 Å². The fourth-order valence-corrected chi connectivity index (χ4v) is 2.75. The molecule has 0 spiro atoms. The molecule has 24 heavy (non-hydrogen) atoms. The molecule has 0 aliphatic carbocycles. The molecule has 0 bridgehead atoms. The number of rotatable bonds is 6. The fraction of sp³-hybridized carbons (Fsp3) is 0.150. The number of halogens is 1. The maximum Gasteiger partial charge on any atom is 0.227 e. The van der Waals surface area contributed by atoms with Gasteiger partial charge in [-0.15, -0.1) is 0 Å². The average Bonchev–Trinajstić information content (AvgIpc) is 3.10. The van der Waals surface area contributed by atoms with Crippen LogP contribution in [0.3, 0.4) is 0 Å². The van der Waals surface area contributed by atoms with Crippen LogP contribution >= 0.6 is 11.6 Å². The van der Waals surface area contributed by atoms with Crippen LogP contribution in [0.5, 0.6) is 0 Å². The summed E-state index contributed by atoms with van der Waals surface area (Å²) in [6.07, 6.45) is 1.89. The molecule has 0 atom stereocenters. The summed E-state index contributed by atoms with van der Waals surface area (Å²) < 4.78 is 5.41. The van der Waals surface area contributed by atoms with Crippen LogP contribution in [0.1, 0.15) is 16.9 Å². The van der Waals surface area contributed by atoms with E-state index < -0.39 is 0 Å². The minimum Gasteiger partial charge on any atom is -0.467 e. The fourth-order valence-electron chi connectivity index (χ4n) is 2.54. The largest absolute Gasteiger partial charge is 0.467 e. The number of carbonyl (C=O) groups excluding carboxylic acids is 1. The van der Waals surface area contributed by atoms with Crippen molar-refractivity contribution in [1.82, 2.24) is 4.90 Å². The van der Waals surface area contributed by atoms with Crippen molar-refractivity contribution in [2.75, 3.05) is 0 Å². The first kappa shape index (κ1) is 16.3. The average molecular weight is 340 g/mol. The third kappa shape index (κ3) is 4.27. The van der Waals surface area contributed by atoms with Gasteiger partial charge in [0.1, 0.15) is 5.76 Å². The van der Waals surface area contributed by atoms with Crippen molar-refractivity contribution in [2.45, 2.75) is 19.5 Å². The highest BCUT2D eigenvalue weighted by Gasteiger charge is 2.17. The van der Waals surface area contributed by atoms with Crippen molar-refractivity contribution < 1.29 is 9.21 Å². The smallest absolute Gasteiger partial charge is 0.227 e. The van der Waals surface area contributed by atoms with Crippen molar-refractivity contribution in [3.8, 4) is 0 Å². The molecular weight excluding hydrogens is 322 g/mol. The normalized spacial score (nSPS) is 10.5. The molecule has 2 aromatic carbocycles. The third-order valence-corrected chi connectivity index (χ3v) is 4.16. The summed E-state index contributed by atoms with van der Waals surface area (Å²) in [5.41, 5.74) is 1.92. The molecule has 0 aliphatic heterocycles. The Morgan fingerprint density at radius 3 is 2.38 bits per heavy atom. The van der Waals surface area contributed by atoms with Crippen molar-refractivity contribution >= 4 is 17.5 Å². The number of furan rings is 1. The van der Waals surface area contributed by atoms with Gasteiger partial charge in [0.15, 0.2) is 0 Å². The Labute approximate surface area is 146 Å². The molecule has 0 unspecified atom stereocenters. The standard InChI is InChI=1S/C20H18ClNO2/c21-19-11-5-4-9-17(19)13-20(23)22(15-18-10-6-12-24-18)14-16-7-2-1-3-8-16/h1-12H,13-15H2. The van der Waals surface area contributed by atoms with Crippen LogP contribution in [0.15, 0.2) is 77.4 Å². The van der Waals surface area contributed by atoms with Gasteiger partial charge in [-0.25, -0.2) is 0 Å². The quantitative estimate of drug-likeness (QED) is 0.652. The lowest BCUT2D eigenvalue weighted by atomic mass is 10.1. The van der Waals surface area contributed by atoms with Crippen LogP contribution in [-0.4, -0.2) is 10.8 Å². The highest BCUT2D eigenvalue weighted by molar-refractivity contribution is 6.31. The molecule has 0 aliphatic rings. The summed E-state index contributed by atoms with van der Waals surface area (Å²) in [5.74, 6) is 0.779. The Kier molecular flexibility index (Phi) is 5.34. The molecule has 0 saturated heterocycles. The Bertz CT molecular complexity index is 784. The Morgan fingerprint density at radius 1 is 0.917 bits per heavy atom. The molecule has 3 aromatic rings. The molecule has 122 valence electrons. The number of carbonyl (C=O) groups is 1. The minimum atomic E-state index is 0.0170. The molecule has 0 fully saturated rings. The zero-order valence-corrected chi connectivity index (χ0v) is 13.9. The zero-order chi connectivity index (χ0) is 16.8. The summed E-state index contributed by atoms with van der Waals surface area (Å²) in [4.78, 5) is 14.6. The van der Waals surface area contributed by atoms with E-state index in [0.717, 1.165) is 16.9 Å². The molecule has 3 rings (SSSR count). The van der Waals surface area contributed by atoms with Crippen molar-refractivity contribution in [3.05, 3.63) is 94.9 Å². The summed E-state index contributed by atoms with van der Waals surface area (Å²) in [5, 5.41) is 0.614. The molecule has 0 saturated carbocycles. The predicted octanol–water partition coefficient (Wildman–Crippen LogP) is 4.70. The molecule has 3 nitrogen and oxygen atoms in total. The Hall–Kier alpha value is -2.52. The number of nitrogens with zero attached hydrogens (tertiary/aromatic N) is 1. The lowest BCUT2D eigenvalue weighted by molar-refractivity contribution is -0.132. The maximum atomic E-state index is 12.8. The van der Waals surface area contributed by atoms with Gasteiger partial charge >= 0.3 is 0 Å². The van der Waals surface area contributed by atoms with E-state index in [4.69, 9.17) is 16.0 Å². The van der Waals surface area contributed by atoms with Gasteiger partial charge in [-0.1, -0.05) is 60.1 Å². The molecule has 0 radical (unpaired) electrons. The monoisotopic (exact) mass is 339 g/mol.